The molecule has 0 bridgehead atoms. The third kappa shape index (κ3) is 3.30. The highest BCUT2D eigenvalue weighted by molar-refractivity contribution is 7.86. The van der Waals surface area contributed by atoms with Gasteiger partial charge in [-0.2, -0.15) is 0 Å². The maximum absolute atomic E-state index is 13.0. The van der Waals surface area contributed by atoms with Gasteiger partial charge in [-0.25, -0.2) is 0 Å². The molecule has 2 N–H and O–H groups in total. The second kappa shape index (κ2) is 6.83. The van der Waals surface area contributed by atoms with Crippen molar-refractivity contribution in [3.05, 3.63) is 35.9 Å². The van der Waals surface area contributed by atoms with Gasteiger partial charge in [-0.3, -0.25) is 4.21 Å². The van der Waals surface area contributed by atoms with Gasteiger partial charge >= 0.3 is 0 Å². The summed E-state index contributed by atoms with van der Waals surface area (Å²) in [5, 5.41) is 0.0729. The van der Waals surface area contributed by atoms with Crippen LogP contribution in [0.4, 0.5) is 0 Å². The highest BCUT2D eigenvalue weighted by Gasteiger charge is 2.38. The smallest absolute Gasteiger partial charge is 0.0691 e. The van der Waals surface area contributed by atoms with Crippen molar-refractivity contribution < 1.29 is 8.95 Å². The molecule has 4 heteroatoms. The Hall–Kier alpha value is -0.710. The molecule has 0 saturated carbocycles. The van der Waals surface area contributed by atoms with Gasteiger partial charge in [0.15, 0.2) is 0 Å². The molecule has 1 aliphatic rings. The summed E-state index contributed by atoms with van der Waals surface area (Å²) in [6.07, 6.45) is 0.943. The average Bonchev–Trinajstić information content (AvgIpc) is 2.85. The SMILES string of the molecule is CC(C)C(C(N)c1ccccc1)S(=O)C1CCOC1C. The summed E-state index contributed by atoms with van der Waals surface area (Å²) < 4.78 is 18.5. The third-order valence-electron chi connectivity index (χ3n) is 4.07. The van der Waals surface area contributed by atoms with Crippen molar-refractivity contribution in [3.63, 3.8) is 0 Å². The van der Waals surface area contributed by atoms with Gasteiger partial charge in [-0.1, -0.05) is 44.2 Å². The highest BCUT2D eigenvalue weighted by Crippen LogP contribution is 2.30. The van der Waals surface area contributed by atoms with Crippen LogP contribution in [0.2, 0.25) is 0 Å². The summed E-state index contributed by atoms with van der Waals surface area (Å²) in [6.45, 7) is 6.93. The molecule has 1 heterocycles. The molecule has 112 valence electrons. The van der Waals surface area contributed by atoms with E-state index < -0.39 is 10.8 Å². The van der Waals surface area contributed by atoms with Gasteiger partial charge in [0.25, 0.3) is 0 Å². The Bertz CT molecular complexity index is 449. The molecule has 3 nitrogen and oxygen atoms in total. The normalized spacial score (nSPS) is 27.4. The van der Waals surface area contributed by atoms with E-state index in [-0.39, 0.29) is 28.6 Å². The average molecular weight is 295 g/mol. The van der Waals surface area contributed by atoms with Crippen molar-refractivity contribution in [3.8, 4) is 0 Å². The van der Waals surface area contributed by atoms with Crippen LogP contribution in [-0.2, 0) is 15.5 Å². The van der Waals surface area contributed by atoms with Gasteiger partial charge in [-0.05, 0) is 24.8 Å². The van der Waals surface area contributed by atoms with Crippen LogP contribution in [0.3, 0.4) is 0 Å². The van der Waals surface area contributed by atoms with Crippen molar-refractivity contribution in [2.45, 2.75) is 49.8 Å². The summed E-state index contributed by atoms with van der Waals surface area (Å²) in [4.78, 5) is 0. The van der Waals surface area contributed by atoms with Gasteiger partial charge in [0.2, 0.25) is 0 Å². The lowest BCUT2D eigenvalue weighted by Crippen LogP contribution is -2.40. The minimum atomic E-state index is -0.974. The molecule has 20 heavy (non-hydrogen) atoms. The molecule has 0 radical (unpaired) electrons. The summed E-state index contributed by atoms with van der Waals surface area (Å²) >= 11 is 0. The number of rotatable bonds is 5. The first-order valence-corrected chi connectivity index (χ1v) is 8.61. The van der Waals surface area contributed by atoms with Gasteiger partial charge in [0, 0.05) is 23.4 Å². The Balaban J connectivity index is 2.20. The fourth-order valence-corrected chi connectivity index (χ4v) is 5.08. The number of nitrogens with two attached hydrogens (primary N) is 1. The predicted octanol–water partition coefficient (Wildman–Crippen LogP) is 2.64. The van der Waals surface area contributed by atoms with E-state index in [0.717, 1.165) is 12.0 Å². The monoisotopic (exact) mass is 295 g/mol. The highest BCUT2D eigenvalue weighted by atomic mass is 32.2. The van der Waals surface area contributed by atoms with Crippen LogP contribution in [0.1, 0.15) is 38.8 Å². The first-order valence-electron chi connectivity index (χ1n) is 7.34. The third-order valence-corrected chi connectivity index (χ3v) is 6.66. The number of benzene rings is 1. The van der Waals surface area contributed by atoms with Gasteiger partial charge in [0.1, 0.15) is 0 Å². The van der Waals surface area contributed by atoms with Crippen LogP contribution in [0.5, 0.6) is 0 Å². The Morgan fingerprint density at radius 3 is 2.45 bits per heavy atom. The van der Waals surface area contributed by atoms with E-state index in [0.29, 0.717) is 6.61 Å². The Morgan fingerprint density at radius 1 is 1.30 bits per heavy atom. The van der Waals surface area contributed by atoms with E-state index in [4.69, 9.17) is 10.5 Å². The molecule has 0 aromatic heterocycles. The lowest BCUT2D eigenvalue weighted by molar-refractivity contribution is 0.126. The molecule has 1 aromatic rings. The quantitative estimate of drug-likeness (QED) is 0.908. The van der Waals surface area contributed by atoms with Crippen LogP contribution >= 0.6 is 0 Å². The zero-order valence-corrected chi connectivity index (χ0v) is 13.3. The fraction of sp³-hybridized carbons (Fsp3) is 0.625. The van der Waals surface area contributed by atoms with Crippen LogP contribution in [0.15, 0.2) is 30.3 Å². The Morgan fingerprint density at radius 2 is 1.95 bits per heavy atom. The Labute approximate surface area is 124 Å². The van der Waals surface area contributed by atoms with Crippen molar-refractivity contribution in [1.82, 2.24) is 0 Å². The standard InChI is InChI=1S/C16H25NO2S/c1-11(2)16(15(17)13-7-5-4-6-8-13)20(18)14-9-10-19-12(14)3/h4-8,11-12,14-16H,9-10,17H2,1-3H3. The predicted molar refractivity (Wildman–Crippen MR) is 84.0 cm³/mol. The molecule has 1 fully saturated rings. The van der Waals surface area contributed by atoms with Crippen molar-refractivity contribution >= 4 is 10.8 Å². The topological polar surface area (TPSA) is 52.3 Å². The largest absolute Gasteiger partial charge is 0.377 e. The number of hydrogen-bond donors (Lipinski definition) is 1. The van der Waals surface area contributed by atoms with Gasteiger partial charge < -0.3 is 10.5 Å². The zero-order chi connectivity index (χ0) is 14.7. The van der Waals surface area contributed by atoms with Gasteiger partial charge in [0.05, 0.1) is 16.6 Å². The first kappa shape index (κ1) is 15.7. The second-order valence-electron chi connectivity index (χ2n) is 5.88. The minimum absolute atomic E-state index is 0.0356. The minimum Gasteiger partial charge on any atom is -0.377 e. The lowest BCUT2D eigenvalue weighted by atomic mass is 9.97. The number of ether oxygens (including phenoxy) is 1. The van der Waals surface area contributed by atoms with Crippen LogP contribution in [0, 0.1) is 5.92 Å². The molecule has 1 aromatic carbocycles. The van der Waals surface area contributed by atoms with E-state index in [9.17, 15) is 4.21 Å². The summed E-state index contributed by atoms with van der Waals surface area (Å²) in [5.74, 6) is 0.277. The summed E-state index contributed by atoms with van der Waals surface area (Å²) in [5.41, 5.74) is 7.48. The molecule has 0 aliphatic carbocycles. The molecular formula is C16H25NO2S. The van der Waals surface area contributed by atoms with E-state index in [1.54, 1.807) is 0 Å². The van der Waals surface area contributed by atoms with Gasteiger partial charge in [-0.15, -0.1) is 0 Å². The molecule has 1 aliphatic heterocycles. The molecule has 1 saturated heterocycles. The summed E-state index contributed by atoms with van der Waals surface area (Å²) in [6, 6.07) is 9.79. The lowest BCUT2D eigenvalue weighted by Gasteiger charge is -2.30. The maximum atomic E-state index is 13.0. The molecule has 5 atom stereocenters. The summed E-state index contributed by atoms with van der Waals surface area (Å²) in [7, 11) is -0.974. The fourth-order valence-electron chi connectivity index (χ4n) is 2.91. The molecule has 0 spiro atoms. The van der Waals surface area contributed by atoms with E-state index in [1.807, 2.05) is 37.3 Å². The van der Waals surface area contributed by atoms with Crippen LogP contribution < -0.4 is 5.73 Å². The van der Waals surface area contributed by atoms with Crippen molar-refractivity contribution in [2.24, 2.45) is 11.7 Å². The molecular weight excluding hydrogens is 270 g/mol. The zero-order valence-electron chi connectivity index (χ0n) is 12.5. The van der Waals surface area contributed by atoms with E-state index >= 15 is 0 Å². The first-order chi connectivity index (χ1) is 9.52. The van der Waals surface area contributed by atoms with Crippen molar-refractivity contribution in [2.75, 3.05) is 6.61 Å². The maximum Gasteiger partial charge on any atom is 0.0691 e. The van der Waals surface area contributed by atoms with Crippen LogP contribution in [-0.4, -0.2) is 27.4 Å². The van der Waals surface area contributed by atoms with Crippen molar-refractivity contribution in [1.29, 1.82) is 0 Å². The molecule has 2 rings (SSSR count). The molecule has 5 unspecified atom stereocenters. The second-order valence-corrected chi connectivity index (χ2v) is 7.68. The van der Waals surface area contributed by atoms with E-state index in [1.165, 1.54) is 0 Å². The van der Waals surface area contributed by atoms with Crippen LogP contribution in [0.25, 0.3) is 0 Å². The molecule has 0 amide bonds. The van der Waals surface area contributed by atoms with E-state index in [2.05, 4.69) is 13.8 Å². The number of hydrogen-bond acceptors (Lipinski definition) is 3. The Kier molecular flexibility index (Phi) is 5.35.